The topological polar surface area (TPSA) is 96.7 Å². The van der Waals surface area contributed by atoms with E-state index in [0.717, 1.165) is 5.69 Å². The van der Waals surface area contributed by atoms with E-state index in [4.69, 9.17) is 10.5 Å². The third-order valence-electron chi connectivity index (χ3n) is 4.35. The number of nitrogens with zero attached hydrogens (tertiary/aromatic N) is 6. The molecule has 4 rings (SSSR count). The van der Waals surface area contributed by atoms with E-state index in [9.17, 15) is 4.39 Å². The average molecular weight is 379 g/mol. The Morgan fingerprint density at radius 2 is 1.96 bits per heavy atom. The minimum atomic E-state index is -0.513. The molecule has 0 saturated carbocycles. The van der Waals surface area contributed by atoms with Crippen LogP contribution in [0, 0.1) is 5.82 Å². The summed E-state index contributed by atoms with van der Waals surface area (Å²) in [6.07, 6.45) is 4.59. The van der Waals surface area contributed by atoms with E-state index < -0.39 is 6.10 Å². The summed E-state index contributed by atoms with van der Waals surface area (Å²) in [6, 6.07) is 9.78. The third-order valence-corrected chi connectivity index (χ3v) is 4.35. The maximum atomic E-state index is 13.9. The fourth-order valence-corrected chi connectivity index (χ4v) is 2.95. The SMILES string of the molecule is CC(Oc1cc(-c2ccnn2C)nnc1N)c1cc(F)ccc1-n1cccn1. The molecule has 0 bridgehead atoms. The van der Waals surface area contributed by atoms with Gasteiger partial charge >= 0.3 is 0 Å². The molecule has 0 saturated heterocycles. The second-order valence-electron chi connectivity index (χ2n) is 6.23. The summed E-state index contributed by atoms with van der Waals surface area (Å²) in [5, 5.41) is 16.4. The molecule has 1 aromatic carbocycles. The van der Waals surface area contributed by atoms with Crippen molar-refractivity contribution in [2.24, 2.45) is 7.05 Å². The lowest BCUT2D eigenvalue weighted by Crippen LogP contribution is -2.11. The number of anilines is 1. The maximum Gasteiger partial charge on any atom is 0.188 e. The Kier molecular flexibility index (Phi) is 4.48. The summed E-state index contributed by atoms with van der Waals surface area (Å²) in [6.45, 7) is 1.81. The summed E-state index contributed by atoms with van der Waals surface area (Å²) < 4.78 is 23.3. The van der Waals surface area contributed by atoms with Crippen LogP contribution in [0.25, 0.3) is 17.1 Å². The average Bonchev–Trinajstić information content (AvgIpc) is 3.35. The highest BCUT2D eigenvalue weighted by Crippen LogP contribution is 2.31. The number of nitrogens with two attached hydrogens (primary N) is 1. The summed E-state index contributed by atoms with van der Waals surface area (Å²) in [7, 11) is 1.81. The lowest BCUT2D eigenvalue weighted by molar-refractivity contribution is 0.226. The molecule has 3 aromatic heterocycles. The standard InChI is InChI=1S/C19H18FN7O/c1-12(14-10-13(20)4-5-16(14)27-9-3-7-23-27)28-18-11-15(24-25-19(18)21)17-6-8-22-26(17)2/h3-12H,1-2H3,(H2,21,25). The van der Waals surface area contributed by atoms with Gasteiger partial charge in [-0.2, -0.15) is 10.2 Å². The van der Waals surface area contributed by atoms with Crippen LogP contribution in [-0.4, -0.2) is 29.8 Å². The van der Waals surface area contributed by atoms with Gasteiger partial charge in [-0.1, -0.05) is 0 Å². The van der Waals surface area contributed by atoms with Crippen molar-refractivity contribution in [1.29, 1.82) is 0 Å². The van der Waals surface area contributed by atoms with E-state index in [2.05, 4.69) is 20.4 Å². The lowest BCUT2D eigenvalue weighted by atomic mass is 10.1. The van der Waals surface area contributed by atoms with E-state index in [1.807, 2.05) is 13.0 Å². The first-order valence-corrected chi connectivity index (χ1v) is 8.60. The number of hydrogen-bond donors (Lipinski definition) is 1. The number of aryl methyl sites for hydroxylation is 1. The highest BCUT2D eigenvalue weighted by atomic mass is 19.1. The van der Waals surface area contributed by atoms with Gasteiger partial charge in [-0.25, -0.2) is 9.07 Å². The van der Waals surface area contributed by atoms with Crippen molar-refractivity contribution in [3.05, 3.63) is 66.4 Å². The van der Waals surface area contributed by atoms with E-state index in [1.165, 1.54) is 12.1 Å². The van der Waals surface area contributed by atoms with Gasteiger partial charge < -0.3 is 10.5 Å². The summed E-state index contributed by atoms with van der Waals surface area (Å²) in [5.74, 6) is 0.141. The number of aromatic nitrogens is 6. The summed E-state index contributed by atoms with van der Waals surface area (Å²) in [5.41, 5.74) is 8.64. The van der Waals surface area contributed by atoms with Crippen molar-refractivity contribution in [3.8, 4) is 22.8 Å². The van der Waals surface area contributed by atoms with Crippen molar-refractivity contribution in [2.75, 3.05) is 5.73 Å². The number of hydrogen-bond acceptors (Lipinski definition) is 6. The van der Waals surface area contributed by atoms with Gasteiger partial charge in [-0.3, -0.25) is 4.68 Å². The van der Waals surface area contributed by atoms with E-state index >= 15 is 0 Å². The molecule has 0 fully saturated rings. The molecule has 28 heavy (non-hydrogen) atoms. The van der Waals surface area contributed by atoms with Crippen LogP contribution in [0.4, 0.5) is 10.2 Å². The molecule has 0 aliphatic rings. The Labute approximate surface area is 160 Å². The number of benzene rings is 1. The fourth-order valence-electron chi connectivity index (χ4n) is 2.95. The third kappa shape index (κ3) is 3.29. The van der Waals surface area contributed by atoms with E-state index in [1.54, 1.807) is 53.2 Å². The largest absolute Gasteiger partial charge is 0.482 e. The smallest absolute Gasteiger partial charge is 0.188 e. The molecule has 2 N–H and O–H groups in total. The number of halogens is 1. The van der Waals surface area contributed by atoms with Crippen LogP contribution in [-0.2, 0) is 7.05 Å². The van der Waals surface area contributed by atoms with Crippen LogP contribution in [0.2, 0.25) is 0 Å². The maximum absolute atomic E-state index is 13.9. The van der Waals surface area contributed by atoms with Gasteiger partial charge in [-0.05, 0) is 37.3 Å². The first kappa shape index (κ1) is 17.7. The normalized spacial score (nSPS) is 12.1. The predicted molar refractivity (Wildman–Crippen MR) is 101 cm³/mol. The quantitative estimate of drug-likeness (QED) is 0.573. The summed E-state index contributed by atoms with van der Waals surface area (Å²) in [4.78, 5) is 0. The fraction of sp³-hybridized carbons (Fsp3) is 0.158. The Morgan fingerprint density at radius 1 is 1.11 bits per heavy atom. The lowest BCUT2D eigenvalue weighted by Gasteiger charge is -2.19. The molecule has 0 amide bonds. The van der Waals surface area contributed by atoms with Crippen LogP contribution >= 0.6 is 0 Å². The molecular weight excluding hydrogens is 361 g/mol. The Balaban J connectivity index is 1.69. The molecule has 142 valence electrons. The van der Waals surface area contributed by atoms with Crippen molar-refractivity contribution < 1.29 is 9.13 Å². The van der Waals surface area contributed by atoms with Crippen molar-refractivity contribution in [3.63, 3.8) is 0 Å². The van der Waals surface area contributed by atoms with Gasteiger partial charge in [0.05, 0.1) is 11.4 Å². The van der Waals surface area contributed by atoms with Crippen LogP contribution in [0.5, 0.6) is 5.75 Å². The zero-order chi connectivity index (χ0) is 19.7. The molecule has 1 unspecified atom stereocenters. The van der Waals surface area contributed by atoms with Crippen molar-refractivity contribution >= 4 is 5.82 Å². The predicted octanol–water partition coefficient (Wildman–Crippen LogP) is 2.92. The minimum absolute atomic E-state index is 0.148. The zero-order valence-electron chi connectivity index (χ0n) is 15.3. The highest BCUT2D eigenvalue weighted by molar-refractivity contribution is 5.60. The first-order valence-electron chi connectivity index (χ1n) is 8.60. The van der Waals surface area contributed by atoms with Crippen LogP contribution < -0.4 is 10.5 Å². The van der Waals surface area contributed by atoms with Crippen molar-refractivity contribution in [1.82, 2.24) is 29.8 Å². The number of rotatable bonds is 5. The molecule has 8 nitrogen and oxygen atoms in total. The molecule has 0 aliphatic carbocycles. The first-order chi connectivity index (χ1) is 13.5. The number of ether oxygens (including phenoxy) is 1. The van der Waals surface area contributed by atoms with Crippen molar-refractivity contribution in [2.45, 2.75) is 13.0 Å². The monoisotopic (exact) mass is 379 g/mol. The van der Waals surface area contributed by atoms with Gasteiger partial charge in [0, 0.05) is 37.3 Å². The molecule has 1 atom stereocenters. The molecule has 0 radical (unpaired) electrons. The van der Waals surface area contributed by atoms with Crippen LogP contribution in [0.1, 0.15) is 18.6 Å². The van der Waals surface area contributed by atoms with Crippen LogP contribution in [0.3, 0.4) is 0 Å². The Hall–Kier alpha value is -3.75. The zero-order valence-corrected chi connectivity index (χ0v) is 15.3. The number of nitrogen functional groups attached to an aromatic ring is 1. The second-order valence-corrected chi connectivity index (χ2v) is 6.23. The van der Waals surface area contributed by atoms with Crippen LogP contribution in [0.15, 0.2) is 55.0 Å². The van der Waals surface area contributed by atoms with Gasteiger partial charge in [-0.15, -0.1) is 10.2 Å². The Bertz CT molecular complexity index is 1110. The molecule has 3 heterocycles. The van der Waals surface area contributed by atoms with Gasteiger partial charge in [0.25, 0.3) is 0 Å². The second kappa shape index (κ2) is 7.10. The molecule has 4 aromatic rings. The molecule has 0 spiro atoms. The van der Waals surface area contributed by atoms with E-state index in [-0.39, 0.29) is 11.6 Å². The molecule has 0 aliphatic heterocycles. The van der Waals surface area contributed by atoms with E-state index in [0.29, 0.717) is 22.7 Å². The van der Waals surface area contributed by atoms with Gasteiger partial charge in [0.15, 0.2) is 11.6 Å². The summed E-state index contributed by atoms with van der Waals surface area (Å²) >= 11 is 0. The minimum Gasteiger partial charge on any atom is -0.482 e. The molecular formula is C19H18FN7O. The Morgan fingerprint density at radius 3 is 2.68 bits per heavy atom. The van der Waals surface area contributed by atoms with Gasteiger partial charge in [0.2, 0.25) is 0 Å². The van der Waals surface area contributed by atoms with Gasteiger partial charge in [0.1, 0.15) is 17.6 Å². The molecule has 9 heteroatoms. The highest BCUT2D eigenvalue weighted by Gasteiger charge is 2.18.